The van der Waals surface area contributed by atoms with Crippen LogP contribution in [0.25, 0.3) is 0 Å². The van der Waals surface area contributed by atoms with Gasteiger partial charge in [-0.05, 0) is 43.7 Å². The number of aromatic nitrogens is 1. The number of methoxy groups -OCH3 is 1. The normalized spacial score (nSPS) is 11.2. The SMILES string of the molecule is CCc1nc(COC(=O)c2ccc(OC)c(S(=O)(=O)Nc3ccc(C)cc3)c2)cs1. The molecule has 158 valence electrons. The Morgan fingerprint density at radius 2 is 1.90 bits per heavy atom. The van der Waals surface area contributed by atoms with E-state index in [-0.39, 0.29) is 22.8 Å². The van der Waals surface area contributed by atoms with Crippen LogP contribution in [0.15, 0.2) is 52.7 Å². The summed E-state index contributed by atoms with van der Waals surface area (Å²) >= 11 is 1.50. The van der Waals surface area contributed by atoms with Crippen LogP contribution in [0, 0.1) is 6.92 Å². The van der Waals surface area contributed by atoms with Crippen LogP contribution in [-0.4, -0.2) is 26.5 Å². The Hall–Kier alpha value is -2.91. The molecule has 1 aromatic heterocycles. The summed E-state index contributed by atoms with van der Waals surface area (Å²) in [5.74, 6) is -0.520. The lowest BCUT2D eigenvalue weighted by atomic mass is 10.2. The maximum atomic E-state index is 12.9. The molecule has 0 atom stereocenters. The number of rotatable bonds is 8. The number of nitrogens with zero attached hydrogens (tertiary/aromatic N) is 1. The highest BCUT2D eigenvalue weighted by molar-refractivity contribution is 7.92. The number of nitrogens with one attached hydrogen (secondary N) is 1. The van der Waals surface area contributed by atoms with E-state index in [0.29, 0.717) is 11.4 Å². The van der Waals surface area contributed by atoms with Crippen LogP contribution in [0.3, 0.4) is 0 Å². The van der Waals surface area contributed by atoms with Gasteiger partial charge in [0.1, 0.15) is 17.3 Å². The summed E-state index contributed by atoms with van der Waals surface area (Å²) < 4.78 is 38.8. The summed E-state index contributed by atoms with van der Waals surface area (Å²) in [6.45, 7) is 3.93. The number of hydrogen-bond acceptors (Lipinski definition) is 7. The second-order valence-corrected chi connectivity index (χ2v) is 9.09. The molecule has 0 aliphatic rings. The molecular weight excluding hydrogens is 424 g/mol. The molecular formula is C21H22N2O5S2. The molecule has 3 rings (SSSR count). The van der Waals surface area contributed by atoms with E-state index in [1.165, 1.54) is 36.6 Å². The van der Waals surface area contributed by atoms with E-state index in [0.717, 1.165) is 17.0 Å². The second kappa shape index (κ2) is 9.27. The predicted molar refractivity (Wildman–Crippen MR) is 116 cm³/mol. The van der Waals surface area contributed by atoms with Gasteiger partial charge < -0.3 is 9.47 Å². The largest absolute Gasteiger partial charge is 0.495 e. The zero-order chi connectivity index (χ0) is 21.7. The molecule has 0 fully saturated rings. The number of thiazole rings is 1. The average Bonchev–Trinajstić information content (AvgIpc) is 3.21. The average molecular weight is 447 g/mol. The molecule has 0 spiro atoms. The molecule has 0 amide bonds. The molecule has 3 aromatic rings. The Balaban J connectivity index is 1.81. The van der Waals surface area contributed by atoms with Gasteiger partial charge in [-0.2, -0.15) is 0 Å². The Labute approximate surface area is 179 Å². The molecule has 0 saturated heterocycles. The zero-order valence-corrected chi connectivity index (χ0v) is 18.5. The van der Waals surface area contributed by atoms with Gasteiger partial charge in [0.2, 0.25) is 0 Å². The van der Waals surface area contributed by atoms with Gasteiger partial charge >= 0.3 is 5.97 Å². The van der Waals surface area contributed by atoms with Crippen LogP contribution in [0.2, 0.25) is 0 Å². The van der Waals surface area contributed by atoms with E-state index in [1.54, 1.807) is 24.3 Å². The van der Waals surface area contributed by atoms with Crippen LogP contribution in [-0.2, 0) is 27.8 Å². The van der Waals surface area contributed by atoms with Crippen LogP contribution in [0.4, 0.5) is 5.69 Å². The van der Waals surface area contributed by atoms with Crippen molar-refractivity contribution in [1.29, 1.82) is 0 Å². The molecule has 2 aromatic carbocycles. The van der Waals surface area contributed by atoms with Gasteiger partial charge in [0.05, 0.1) is 23.4 Å². The first-order chi connectivity index (χ1) is 14.3. The molecule has 0 aliphatic heterocycles. The van der Waals surface area contributed by atoms with Crippen molar-refractivity contribution < 1.29 is 22.7 Å². The fourth-order valence-corrected chi connectivity index (χ4v) is 4.63. The number of carbonyl (C=O) groups is 1. The van der Waals surface area contributed by atoms with E-state index in [2.05, 4.69) is 9.71 Å². The van der Waals surface area contributed by atoms with Gasteiger partial charge in [-0.15, -0.1) is 11.3 Å². The van der Waals surface area contributed by atoms with E-state index < -0.39 is 16.0 Å². The van der Waals surface area contributed by atoms with Crippen molar-refractivity contribution in [3.63, 3.8) is 0 Å². The van der Waals surface area contributed by atoms with E-state index in [4.69, 9.17) is 9.47 Å². The highest BCUT2D eigenvalue weighted by atomic mass is 32.2. The Morgan fingerprint density at radius 3 is 2.53 bits per heavy atom. The Kier molecular flexibility index (Phi) is 6.73. The first-order valence-corrected chi connectivity index (χ1v) is 11.6. The molecule has 0 radical (unpaired) electrons. The van der Waals surface area contributed by atoms with Crippen molar-refractivity contribution >= 4 is 33.0 Å². The van der Waals surface area contributed by atoms with Crippen molar-refractivity contribution in [2.75, 3.05) is 11.8 Å². The highest BCUT2D eigenvalue weighted by Gasteiger charge is 2.22. The number of ether oxygens (including phenoxy) is 2. The fourth-order valence-electron chi connectivity index (χ4n) is 2.65. The van der Waals surface area contributed by atoms with Gasteiger partial charge in [0.25, 0.3) is 10.0 Å². The minimum Gasteiger partial charge on any atom is -0.495 e. The lowest BCUT2D eigenvalue weighted by molar-refractivity contribution is 0.0468. The van der Waals surface area contributed by atoms with Crippen LogP contribution >= 0.6 is 11.3 Å². The van der Waals surface area contributed by atoms with Gasteiger partial charge in [0, 0.05) is 11.1 Å². The van der Waals surface area contributed by atoms with Crippen molar-refractivity contribution in [1.82, 2.24) is 4.98 Å². The number of carbonyl (C=O) groups excluding carboxylic acids is 1. The van der Waals surface area contributed by atoms with Gasteiger partial charge in [0.15, 0.2) is 0 Å². The third kappa shape index (κ3) is 5.17. The van der Waals surface area contributed by atoms with Gasteiger partial charge in [-0.25, -0.2) is 18.2 Å². The smallest absolute Gasteiger partial charge is 0.338 e. The molecule has 0 unspecified atom stereocenters. The summed E-state index contributed by atoms with van der Waals surface area (Å²) in [6.07, 6.45) is 0.812. The number of aryl methyl sites for hydroxylation is 2. The summed E-state index contributed by atoms with van der Waals surface area (Å²) in [5, 5.41) is 2.79. The molecule has 7 nitrogen and oxygen atoms in total. The molecule has 0 saturated carbocycles. The van der Waals surface area contributed by atoms with E-state index >= 15 is 0 Å². The standard InChI is InChI=1S/C21H22N2O5S2/c1-4-20-22-17(13-29-20)12-28-21(24)15-7-10-18(27-3)19(11-15)30(25,26)23-16-8-5-14(2)6-9-16/h5-11,13,23H,4,12H2,1-3H3. The third-order valence-electron chi connectivity index (χ3n) is 4.25. The summed E-state index contributed by atoms with van der Waals surface area (Å²) in [5.41, 5.74) is 2.18. The minimum absolute atomic E-state index is 0.0189. The molecule has 9 heteroatoms. The molecule has 1 N–H and O–H groups in total. The van der Waals surface area contributed by atoms with Gasteiger partial charge in [-0.3, -0.25) is 4.72 Å². The second-order valence-electron chi connectivity index (χ2n) is 6.50. The maximum Gasteiger partial charge on any atom is 0.338 e. The number of benzene rings is 2. The molecule has 1 heterocycles. The van der Waals surface area contributed by atoms with Crippen molar-refractivity contribution in [2.45, 2.75) is 31.8 Å². The quantitative estimate of drug-likeness (QED) is 0.522. The number of anilines is 1. The monoisotopic (exact) mass is 446 g/mol. The molecule has 30 heavy (non-hydrogen) atoms. The van der Waals surface area contributed by atoms with Crippen molar-refractivity contribution in [2.24, 2.45) is 0 Å². The van der Waals surface area contributed by atoms with E-state index in [1.807, 2.05) is 19.2 Å². The van der Waals surface area contributed by atoms with Gasteiger partial charge in [-0.1, -0.05) is 24.6 Å². The summed E-state index contributed by atoms with van der Waals surface area (Å²) in [6, 6.07) is 11.1. The summed E-state index contributed by atoms with van der Waals surface area (Å²) in [4.78, 5) is 16.7. The predicted octanol–water partition coefficient (Wildman–Crippen LogP) is 4.18. The van der Waals surface area contributed by atoms with E-state index in [9.17, 15) is 13.2 Å². The third-order valence-corrected chi connectivity index (χ3v) is 6.69. The molecule has 0 bridgehead atoms. The molecule has 0 aliphatic carbocycles. The van der Waals surface area contributed by atoms with Crippen LogP contribution < -0.4 is 9.46 Å². The lowest BCUT2D eigenvalue weighted by Crippen LogP contribution is -2.15. The highest BCUT2D eigenvalue weighted by Crippen LogP contribution is 2.27. The van der Waals surface area contributed by atoms with Crippen LogP contribution in [0.5, 0.6) is 5.75 Å². The lowest BCUT2D eigenvalue weighted by Gasteiger charge is -2.13. The number of hydrogen-bond donors (Lipinski definition) is 1. The minimum atomic E-state index is -3.99. The van der Waals surface area contributed by atoms with Crippen LogP contribution in [0.1, 0.15) is 33.5 Å². The topological polar surface area (TPSA) is 94.6 Å². The first kappa shape index (κ1) is 21.8. The fraction of sp³-hybridized carbons (Fsp3) is 0.238. The Morgan fingerprint density at radius 1 is 1.17 bits per heavy atom. The Bertz CT molecular complexity index is 1140. The summed E-state index contributed by atoms with van der Waals surface area (Å²) in [7, 11) is -2.62. The zero-order valence-electron chi connectivity index (χ0n) is 16.8. The number of sulfonamides is 1. The van der Waals surface area contributed by atoms with Crippen molar-refractivity contribution in [3.05, 3.63) is 69.7 Å². The van der Waals surface area contributed by atoms with Crippen molar-refractivity contribution in [3.8, 4) is 5.75 Å². The maximum absolute atomic E-state index is 12.9. The first-order valence-electron chi connectivity index (χ1n) is 9.20. The number of esters is 1.